The highest BCUT2D eigenvalue weighted by molar-refractivity contribution is 5.96. The molecule has 0 saturated carbocycles. The first-order valence-electron chi connectivity index (χ1n) is 7.29. The fourth-order valence-corrected chi connectivity index (χ4v) is 2.93. The van der Waals surface area contributed by atoms with Crippen LogP contribution in [0.3, 0.4) is 0 Å². The van der Waals surface area contributed by atoms with Crippen LogP contribution in [0.15, 0.2) is 16.9 Å². The highest BCUT2D eigenvalue weighted by Crippen LogP contribution is 2.24. The minimum Gasteiger partial charge on any atom is -0.361 e. The second kappa shape index (κ2) is 5.35. The lowest BCUT2D eigenvalue weighted by Gasteiger charge is -2.32. The molecule has 1 atom stereocenters. The third kappa shape index (κ3) is 2.57. The third-order valence-corrected chi connectivity index (χ3v) is 4.04. The summed E-state index contributed by atoms with van der Waals surface area (Å²) in [6.45, 7) is 7.08. The molecule has 3 heterocycles. The van der Waals surface area contributed by atoms with Gasteiger partial charge in [-0.2, -0.15) is 5.10 Å². The van der Waals surface area contributed by atoms with Crippen LogP contribution in [0.4, 0.5) is 0 Å². The first kappa shape index (κ1) is 13.9. The molecule has 0 aliphatic carbocycles. The summed E-state index contributed by atoms with van der Waals surface area (Å²) in [4.78, 5) is 14.6. The second-order valence-electron chi connectivity index (χ2n) is 5.74. The number of aromatic nitrogens is 3. The molecule has 0 aromatic carbocycles. The normalized spacial score (nSPS) is 19.0. The highest BCUT2D eigenvalue weighted by Gasteiger charge is 2.29. The topological polar surface area (TPSA) is 64.2 Å². The van der Waals surface area contributed by atoms with Crippen molar-refractivity contribution in [3.05, 3.63) is 35.0 Å². The predicted octanol–water partition coefficient (Wildman–Crippen LogP) is 2.27. The number of carbonyl (C=O) groups excluding carboxylic acids is 1. The van der Waals surface area contributed by atoms with Gasteiger partial charge in [0.25, 0.3) is 5.91 Å². The standard InChI is InChI=1S/C15H20N4O2/c1-10-7-16-19(8-10)13-5-4-6-18(9-13)15(20)14-11(2)17-21-12(14)3/h7-8,13H,4-6,9H2,1-3H3/t13-/m1/s1. The van der Waals surface area contributed by atoms with E-state index in [0.29, 0.717) is 23.6 Å². The van der Waals surface area contributed by atoms with Gasteiger partial charge in [-0.25, -0.2) is 0 Å². The van der Waals surface area contributed by atoms with Crippen LogP contribution in [-0.2, 0) is 0 Å². The van der Waals surface area contributed by atoms with E-state index in [4.69, 9.17) is 4.52 Å². The van der Waals surface area contributed by atoms with Crippen LogP contribution in [0.5, 0.6) is 0 Å². The van der Waals surface area contributed by atoms with Crippen molar-refractivity contribution in [3.8, 4) is 0 Å². The summed E-state index contributed by atoms with van der Waals surface area (Å²) in [7, 11) is 0. The molecule has 2 aromatic rings. The van der Waals surface area contributed by atoms with Gasteiger partial charge in [0.2, 0.25) is 0 Å². The molecule has 0 radical (unpaired) electrons. The van der Waals surface area contributed by atoms with Crippen LogP contribution >= 0.6 is 0 Å². The van der Waals surface area contributed by atoms with Crippen molar-refractivity contribution >= 4 is 5.91 Å². The molecule has 1 aliphatic heterocycles. The molecule has 6 heteroatoms. The fraction of sp³-hybridized carbons (Fsp3) is 0.533. The van der Waals surface area contributed by atoms with Crippen LogP contribution < -0.4 is 0 Å². The van der Waals surface area contributed by atoms with Gasteiger partial charge in [0, 0.05) is 19.3 Å². The number of amides is 1. The number of piperidine rings is 1. The third-order valence-electron chi connectivity index (χ3n) is 4.04. The molecule has 1 fully saturated rings. The Morgan fingerprint density at radius 1 is 1.38 bits per heavy atom. The van der Waals surface area contributed by atoms with Gasteiger partial charge in [-0.05, 0) is 39.2 Å². The Morgan fingerprint density at radius 3 is 2.81 bits per heavy atom. The average molecular weight is 288 g/mol. The number of hydrogen-bond donors (Lipinski definition) is 0. The van der Waals surface area contributed by atoms with Crippen molar-refractivity contribution in [3.63, 3.8) is 0 Å². The monoisotopic (exact) mass is 288 g/mol. The Balaban J connectivity index is 1.78. The van der Waals surface area contributed by atoms with Crippen molar-refractivity contribution in [2.45, 2.75) is 39.7 Å². The number of likely N-dealkylation sites (tertiary alicyclic amines) is 1. The Bertz CT molecular complexity index is 639. The van der Waals surface area contributed by atoms with E-state index in [9.17, 15) is 4.79 Å². The maximum absolute atomic E-state index is 12.7. The van der Waals surface area contributed by atoms with E-state index < -0.39 is 0 Å². The summed E-state index contributed by atoms with van der Waals surface area (Å²) in [6, 6.07) is 0.247. The molecular weight excluding hydrogens is 268 g/mol. The van der Waals surface area contributed by atoms with Crippen LogP contribution in [0.1, 0.15) is 46.3 Å². The molecule has 112 valence electrons. The second-order valence-corrected chi connectivity index (χ2v) is 5.74. The number of aryl methyl sites for hydroxylation is 3. The minimum atomic E-state index is 0.0137. The molecule has 0 N–H and O–H groups in total. The summed E-state index contributed by atoms with van der Waals surface area (Å²) < 4.78 is 7.08. The molecule has 1 amide bonds. The van der Waals surface area contributed by atoms with Crippen LogP contribution in [-0.4, -0.2) is 38.8 Å². The van der Waals surface area contributed by atoms with E-state index in [0.717, 1.165) is 24.9 Å². The number of nitrogens with zero attached hydrogens (tertiary/aromatic N) is 4. The molecule has 0 spiro atoms. The molecule has 2 aromatic heterocycles. The number of carbonyl (C=O) groups is 1. The van der Waals surface area contributed by atoms with Gasteiger partial charge >= 0.3 is 0 Å². The minimum absolute atomic E-state index is 0.0137. The molecule has 0 bridgehead atoms. The maximum Gasteiger partial charge on any atom is 0.259 e. The first-order valence-corrected chi connectivity index (χ1v) is 7.29. The lowest BCUT2D eigenvalue weighted by atomic mass is 10.0. The summed E-state index contributed by atoms with van der Waals surface area (Å²) >= 11 is 0. The van der Waals surface area contributed by atoms with Gasteiger partial charge in [-0.3, -0.25) is 9.48 Å². The molecule has 3 rings (SSSR count). The van der Waals surface area contributed by atoms with Crippen molar-refractivity contribution < 1.29 is 9.32 Å². The van der Waals surface area contributed by atoms with E-state index in [1.165, 1.54) is 0 Å². The Morgan fingerprint density at radius 2 is 2.19 bits per heavy atom. The molecule has 1 saturated heterocycles. The zero-order valence-corrected chi connectivity index (χ0v) is 12.7. The van der Waals surface area contributed by atoms with E-state index in [2.05, 4.69) is 10.3 Å². The molecule has 6 nitrogen and oxygen atoms in total. The summed E-state index contributed by atoms with van der Waals surface area (Å²) in [5.74, 6) is 0.606. The SMILES string of the molecule is Cc1cnn([C@@H]2CCCN(C(=O)c3c(C)noc3C)C2)c1. The van der Waals surface area contributed by atoms with Crippen molar-refractivity contribution in [1.29, 1.82) is 0 Å². The highest BCUT2D eigenvalue weighted by atomic mass is 16.5. The van der Waals surface area contributed by atoms with Crippen LogP contribution in [0, 0.1) is 20.8 Å². The Labute approximate surface area is 123 Å². The molecule has 21 heavy (non-hydrogen) atoms. The quantitative estimate of drug-likeness (QED) is 0.850. The summed E-state index contributed by atoms with van der Waals surface area (Å²) in [5.41, 5.74) is 2.41. The fourth-order valence-electron chi connectivity index (χ4n) is 2.93. The smallest absolute Gasteiger partial charge is 0.259 e. The van der Waals surface area contributed by atoms with Gasteiger partial charge < -0.3 is 9.42 Å². The van der Waals surface area contributed by atoms with Crippen LogP contribution in [0.2, 0.25) is 0 Å². The summed E-state index contributed by atoms with van der Waals surface area (Å²) in [6.07, 6.45) is 5.93. The van der Waals surface area contributed by atoms with Crippen molar-refractivity contribution in [2.24, 2.45) is 0 Å². The van der Waals surface area contributed by atoms with E-state index >= 15 is 0 Å². The first-order chi connectivity index (χ1) is 10.1. The number of hydrogen-bond acceptors (Lipinski definition) is 4. The lowest BCUT2D eigenvalue weighted by molar-refractivity contribution is 0.0670. The molecule has 1 aliphatic rings. The zero-order chi connectivity index (χ0) is 15.0. The average Bonchev–Trinajstić information content (AvgIpc) is 3.05. The van der Waals surface area contributed by atoms with E-state index in [-0.39, 0.29) is 11.9 Å². The largest absolute Gasteiger partial charge is 0.361 e. The summed E-state index contributed by atoms with van der Waals surface area (Å²) in [5, 5.41) is 8.25. The number of rotatable bonds is 2. The zero-order valence-electron chi connectivity index (χ0n) is 12.7. The van der Waals surface area contributed by atoms with Crippen molar-refractivity contribution in [1.82, 2.24) is 19.8 Å². The van der Waals surface area contributed by atoms with Gasteiger partial charge in [-0.1, -0.05) is 5.16 Å². The van der Waals surface area contributed by atoms with E-state index in [1.54, 1.807) is 6.92 Å². The van der Waals surface area contributed by atoms with E-state index in [1.807, 2.05) is 35.8 Å². The maximum atomic E-state index is 12.7. The Hall–Kier alpha value is -2.11. The molecular formula is C15H20N4O2. The molecule has 0 unspecified atom stereocenters. The van der Waals surface area contributed by atoms with Crippen LogP contribution in [0.25, 0.3) is 0 Å². The lowest BCUT2D eigenvalue weighted by Crippen LogP contribution is -2.41. The van der Waals surface area contributed by atoms with Gasteiger partial charge in [0.05, 0.1) is 17.9 Å². The van der Waals surface area contributed by atoms with Crippen molar-refractivity contribution in [2.75, 3.05) is 13.1 Å². The van der Waals surface area contributed by atoms with Gasteiger partial charge in [0.15, 0.2) is 0 Å². The van der Waals surface area contributed by atoms with Gasteiger partial charge in [-0.15, -0.1) is 0 Å². The van der Waals surface area contributed by atoms with Gasteiger partial charge in [0.1, 0.15) is 11.3 Å². The Kier molecular flexibility index (Phi) is 3.53. The predicted molar refractivity (Wildman–Crippen MR) is 77.1 cm³/mol.